The molecule has 194 valence electrons. The molecule has 8 nitrogen and oxygen atoms in total. The molecule has 1 saturated heterocycles. The Bertz CT molecular complexity index is 760. The zero-order valence-electron chi connectivity index (χ0n) is 21.8. The molecule has 3 aliphatic rings. The lowest BCUT2D eigenvalue weighted by molar-refractivity contribution is -0.585. The number of nitrogens with zero attached hydrogens (tertiary/aromatic N) is 1. The van der Waals surface area contributed by atoms with Gasteiger partial charge in [0.2, 0.25) is 0 Å². The second-order valence-corrected chi connectivity index (χ2v) is 9.65. The zero-order chi connectivity index (χ0) is 25.1. The monoisotopic (exact) mass is 479 g/mol. The number of esters is 1. The molecule has 3 aliphatic heterocycles. The number of nitrogens with one attached hydrogen (secondary N) is 2. The predicted octanol–water partition coefficient (Wildman–Crippen LogP) is 2.95. The summed E-state index contributed by atoms with van der Waals surface area (Å²) in [6, 6.07) is 0.508. The van der Waals surface area contributed by atoms with E-state index in [1.54, 1.807) is 0 Å². The Labute approximate surface area is 205 Å². The first-order valence-corrected chi connectivity index (χ1v) is 13.1. The van der Waals surface area contributed by atoms with Gasteiger partial charge in [-0.3, -0.25) is 4.58 Å². The van der Waals surface area contributed by atoms with Crippen LogP contribution in [-0.2, 0) is 19.1 Å². The van der Waals surface area contributed by atoms with Crippen molar-refractivity contribution in [2.75, 3.05) is 14.2 Å². The maximum atomic E-state index is 12.7. The van der Waals surface area contributed by atoms with Crippen molar-refractivity contribution in [3.05, 3.63) is 11.3 Å². The van der Waals surface area contributed by atoms with Crippen LogP contribution in [-0.4, -0.2) is 54.5 Å². The Balaban J connectivity index is 0.000000945. The van der Waals surface area contributed by atoms with Crippen LogP contribution in [0.5, 0.6) is 0 Å². The number of ether oxygens (including phenoxy) is 2. The number of allylic oxidation sites excluding steroid dienone is 1. The third-order valence-corrected chi connectivity index (χ3v) is 7.11. The van der Waals surface area contributed by atoms with Crippen LogP contribution in [0.1, 0.15) is 104 Å². The molecule has 0 radical (unpaired) electrons. The van der Waals surface area contributed by atoms with Crippen LogP contribution in [0, 0.1) is 0 Å². The average molecular weight is 480 g/mol. The summed E-state index contributed by atoms with van der Waals surface area (Å²) in [5, 5.41) is 16.2. The molecule has 0 saturated carbocycles. The fourth-order valence-corrected chi connectivity index (χ4v) is 5.46. The Morgan fingerprint density at radius 1 is 1.06 bits per heavy atom. The number of rotatable bonds is 12. The number of unbranched alkanes of at least 4 members (excludes halogenated alkanes) is 6. The Kier molecular flexibility index (Phi) is 11.4. The van der Waals surface area contributed by atoms with E-state index in [-0.39, 0.29) is 17.7 Å². The van der Waals surface area contributed by atoms with Crippen LogP contribution in [0.2, 0.25) is 0 Å². The molecule has 3 rings (SSSR count). The van der Waals surface area contributed by atoms with E-state index in [1.807, 2.05) is 7.11 Å². The zero-order valence-corrected chi connectivity index (χ0v) is 21.8. The smallest absolute Gasteiger partial charge is 0.353 e. The van der Waals surface area contributed by atoms with Gasteiger partial charge in [-0.25, -0.2) is 15.4 Å². The van der Waals surface area contributed by atoms with E-state index in [1.165, 1.54) is 45.6 Å². The van der Waals surface area contributed by atoms with Gasteiger partial charge in [-0.1, -0.05) is 52.4 Å². The molecule has 0 aromatic rings. The van der Waals surface area contributed by atoms with E-state index in [4.69, 9.17) is 19.4 Å². The summed E-state index contributed by atoms with van der Waals surface area (Å²) in [5.74, 6) is -0.235. The largest absolute Gasteiger partial charge is 0.550 e. The number of carbonyl (C=O) groups excluding carboxylic acids is 2. The van der Waals surface area contributed by atoms with Crippen molar-refractivity contribution in [1.82, 2.24) is 10.6 Å². The third kappa shape index (κ3) is 7.20. The molecular formula is C26H45N3O5. The van der Waals surface area contributed by atoms with Crippen molar-refractivity contribution in [3.63, 3.8) is 0 Å². The minimum absolute atomic E-state index is 0.113. The second kappa shape index (κ2) is 13.7. The Morgan fingerprint density at radius 3 is 2.32 bits per heavy atom. The van der Waals surface area contributed by atoms with Gasteiger partial charge in [0.1, 0.15) is 11.6 Å². The fraction of sp³-hybridized carbons (Fsp3) is 0.808. The fourth-order valence-electron chi connectivity index (χ4n) is 5.46. The first-order valence-electron chi connectivity index (χ1n) is 13.1. The van der Waals surface area contributed by atoms with E-state index in [9.17, 15) is 4.79 Å². The third-order valence-electron chi connectivity index (χ3n) is 7.11. The minimum atomic E-state index is -1.08. The normalized spacial score (nSPS) is 25.1. The van der Waals surface area contributed by atoms with E-state index >= 15 is 0 Å². The van der Waals surface area contributed by atoms with Crippen molar-refractivity contribution in [2.45, 2.75) is 122 Å². The van der Waals surface area contributed by atoms with Gasteiger partial charge >= 0.3 is 11.9 Å². The lowest BCUT2D eigenvalue weighted by Crippen LogP contribution is -2.65. The number of guanidine groups is 1. The summed E-state index contributed by atoms with van der Waals surface area (Å²) in [4.78, 5) is 21.6. The molecule has 0 aromatic heterocycles. The Hall–Kier alpha value is -2.09. The second-order valence-electron chi connectivity index (χ2n) is 9.65. The quantitative estimate of drug-likeness (QED) is 0.252. The first kappa shape index (κ1) is 28.1. The number of aliphatic carboxylic acids is 1. The number of hydrogen-bond donors (Lipinski definition) is 2. The van der Waals surface area contributed by atoms with Crippen molar-refractivity contribution in [2.24, 2.45) is 0 Å². The van der Waals surface area contributed by atoms with Gasteiger partial charge in [0, 0.05) is 32.3 Å². The van der Waals surface area contributed by atoms with Crippen molar-refractivity contribution in [3.8, 4) is 0 Å². The highest BCUT2D eigenvalue weighted by Gasteiger charge is 2.53. The molecule has 3 heterocycles. The number of carbonyl (C=O) groups is 2. The molecule has 0 aromatic carbocycles. The van der Waals surface area contributed by atoms with Crippen molar-refractivity contribution in [1.29, 1.82) is 0 Å². The van der Waals surface area contributed by atoms with Gasteiger partial charge in [0.25, 0.3) is 0 Å². The van der Waals surface area contributed by atoms with Gasteiger partial charge < -0.3 is 19.4 Å². The van der Waals surface area contributed by atoms with Gasteiger partial charge in [-0.15, -0.1) is 0 Å². The predicted molar refractivity (Wildman–Crippen MR) is 130 cm³/mol. The number of carboxylic acid groups (broad SMARTS) is 1. The van der Waals surface area contributed by atoms with E-state index in [0.717, 1.165) is 69.1 Å². The molecule has 8 heteroatoms. The molecule has 3 atom stereocenters. The first-order chi connectivity index (χ1) is 16.3. The van der Waals surface area contributed by atoms with E-state index in [0.29, 0.717) is 6.04 Å². The number of carboxylic acids is 1. The van der Waals surface area contributed by atoms with E-state index < -0.39 is 5.97 Å². The van der Waals surface area contributed by atoms with Gasteiger partial charge in [-0.2, -0.15) is 0 Å². The lowest BCUT2D eigenvalue weighted by Gasteiger charge is -2.40. The summed E-state index contributed by atoms with van der Waals surface area (Å²) < 4.78 is 13.7. The standard InChI is InChI=1S/C24H41N3O3.C2H4O2/c1-5-7-9-10-12-16-24(30-4)17-18-14-15-20-21(22(28)29-3)19(13-11-8-6-2)25-23(26-24)27(18)20;1-2(3)4/h18,20H,5-17H2,1-4H3,(H,25,26,28);1H3,(H,3,4)/t18-,20+,24-;/m1./s1. The Morgan fingerprint density at radius 2 is 1.71 bits per heavy atom. The van der Waals surface area contributed by atoms with Crippen molar-refractivity contribution < 1.29 is 28.7 Å². The van der Waals surface area contributed by atoms with Crippen LogP contribution >= 0.6 is 0 Å². The van der Waals surface area contributed by atoms with Crippen LogP contribution in [0.4, 0.5) is 0 Å². The van der Waals surface area contributed by atoms with Gasteiger partial charge in [-0.05, 0) is 32.6 Å². The van der Waals surface area contributed by atoms with Gasteiger partial charge in [0.05, 0.1) is 18.8 Å². The molecule has 1 fully saturated rings. The van der Waals surface area contributed by atoms with Crippen LogP contribution in [0.25, 0.3) is 0 Å². The SMILES string of the molecule is CC(=O)[O-].CCCCCCC[C@@]1(OC)C[C@H]2CC[C@H]3C(C(=O)OC)=C(CCCCC)NC(=[N+]23)N1. The summed E-state index contributed by atoms with van der Waals surface area (Å²) >= 11 is 0. The average Bonchev–Trinajstić information content (AvgIpc) is 3.22. The molecule has 0 spiro atoms. The molecule has 0 aliphatic carbocycles. The summed E-state index contributed by atoms with van der Waals surface area (Å²) in [6.07, 6.45) is 14.7. The minimum Gasteiger partial charge on any atom is -0.550 e. The van der Waals surface area contributed by atoms with E-state index in [2.05, 4.69) is 29.1 Å². The summed E-state index contributed by atoms with van der Waals surface area (Å²) in [5.41, 5.74) is 1.56. The molecule has 2 N–H and O–H groups in total. The molecule has 0 amide bonds. The molecular weight excluding hydrogens is 434 g/mol. The maximum absolute atomic E-state index is 12.7. The lowest BCUT2D eigenvalue weighted by atomic mass is 9.93. The number of hydrogen-bond acceptors (Lipinski definition) is 7. The molecule has 0 bridgehead atoms. The summed E-state index contributed by atoms with van der Waals surface area (Å²) in [6.45, 7) is 5.43. The highest BCUT2D eigenvalue weighted by atomic mass is 16.5. The summed E-state index contributed by atoms with van der Waals surface area (Å²) in [7, 11) is 3.33. The van der Waals surface area contributed by atoms with Crippen LogP contribution in [0.15, 0.2) is 11.3 Å². The highest BCUT2D eigenvalue weighted by Crippen LogP contribution is 2.38. The van der Waals surface area contributed by atoms with Gasteiger partial charge in [0.15, 0.2) is 5.72 Å². The van der Waals surface area contributed by atoms with Crippen LogP contribution in [0.3, 0.4) is 0 Å². The maximum Gasteiger partial charge on any atom is 0.353 e. The highest BCUT2D eigenvalue weighted by molar-refractivity contribution is 5.93. The van der Waals surface area contributed by atoms with Crippen molar-refractivity contribution >= 4 is 17.9 Å². The molecule has 0 unspecified atom stereocenters. The number of methoxy groups -OCH3 is 2. The topological polar surface area (TPSA) is 103 Å². The molecule has 34 heavy (non-hydrogen) atoms. The van der Waals surface area contributed by atoms with Crippen LogP contribution < -0.4 is 15.7 Å².